The summed E-state index contributed by atoms with van der Waals surface area (Å²) in [4.78, 5) is 9.08. The summed E-state index contributed by atoms with van der Waals surface area (Å²) >= 11 is 0. The third-order valence-electron chi connectivity index (χ3n) is 4.66. The molecular weight excluding hydrogens is 392 g/mol. The number of rotatable bonds is 17. The maximum Gasteiger partial charge on any atom is 0.472 e. The van der Waals surface area contributed by atoms with E-state index in [4.69, 9.17) is 13.9 Å². The van der Waals surface area contributed by atoms with Crippen molar-refractivity contribution in [3.8, 4) is 0 Å². The smallest absolute Gasteiger partial charge is 0.344 e. The molecule has 7 heteroatoms. The van der Waals surface area contributed by atoms with Gasteiger partial charge >= 0.3 is 7.82 Å². The Hall–Kier alpha value is 0.500. The maximum absolute atomic E-state index is 11.1. The van der Waals surface area contributed by atoms with Crippen LogP contribution in [-0.2, 0) is 13.6 Å². The highest BCUT2D eigenvalue weighted by atomic mass is 31.2. The van der Waals surface area contributed by atoms with Crippen LogP contribution in [-0.4, -0.2) is 43.3 Å². The van der Waals surface area contributed by atoms with Gasteiger partial charge in [0.1, 0.15) is 0 Å². The maximum atomic E-state index is 11.1. The van der Waals surface area contributed by atoms with Crippen LogP contribution >= 0.6 is 15.1 Å². The molecule has 0 aromatic carbocycles. The zero-order valence-electron chi connectivity index (χ0n) is 19.9. The van der Waals surface area contributed by atoms with Crippen molar-refractivity contribution in [3.63, 3.8) is 0 Å². The van der Waals surface area contributed by atoms with Crippen molar-refractivity contribution in [2.45, 2.75) is 98.8 Å². The second-order valence-corrected chi connectivity index (χ2v) is 13.7. The summed E-state index contributed by atoms with van der Waals surface area (Å²) in [5.74, 6) is 0. The van der Waals surface area contributed by atoms with E-state index in [-0.39, 0.29) is 19.4 Å². The molecule has 0 fully saturated rings. The third-order valence-corrected chi connectivity index (χ3v) is 9.86. The number of hydrogen-bond acceptors (Lipinski definition) is 4. The molecule has 174 valence electrons. The lowest BCUT2D eigenvalue weighted by Crippen LogP contribution is -2.07. The van der Waals surface area contributed by atoms with Crippen LogP contribution in [0.3, 0.4) is 0 Å². The molecule has 0 unspecified atom stereocenters. The van der Waals surface area contributed by atoms with E-state index in [9.17, 15) is 4.57 Å². The van der Waals surface area contributed by atoms with Crippen molar-refractivity contribution in [1.82, 2.24) is 6.15 Å². The average Bonchev–Trinajstić information content (AvgIpc) is 2.64. The topological polar surface area (TPSA) is 90.8 Å². The summed E-state index contributed by atoms with van der Waals surface area (Å²) in [6, 6.07) is 0. The van der Waals surface area contributed by atoms with Crippen molar-refractivity contribution >= 4 is 15.1 Å². The van der Waals surface area contributed by atoms with Crippen molar-refractivity contribution < 1.29 is 18.5 Å². The molecule has 0 rings (SSSR count). The summed E-state index contributed by atoms with van der Waals surface area (Å²) in [5.41, 5.74) is 0. The molecule has 0 saturated carbocycles. The molecule has 0 amide bonds. The van der Waals surface area contributed by atoms with Gasteiger partial charge in [-0.3, -0.25) is 9.05 Å². The molecule has 0 spiro atoms. The van der Waals surface area contributed by atoms with Gasteiger partial charge < -0.3 is 11.0 Å². The zero-order valence-corrected chi connectivity index (χ0v) is 21.7. The van der Waals surface area contributed by atoms with Gasteiger partial charge in [0.2, 0.25) is 0 Å². The lowest BCUT2D eigenvalue weighted by Gasteiger charge is -2.22. The minimum atomic E-state index is -3.75. The molecule has 4 N–H and O–H groups in total. The molecule has 0 aromatic rings. The molecule has 5 nitrogen and oxygen atoms in total. The van der Waals surface area contributed by atoms with Gasteiger partial charge in [0.25, 0.3) is 0 Å². The first-order chi connectivity index (χ1) is 12.8. The molecule has 0 atom stereocenters. The van der Waals surface area contributed by atoms with Crippen LogP contribution < -0.4 is 6.15 Å². The summed E-state index contributed by atoms with van der Waals surface area (Å²) in [7, 11) is -4.27. The van der Waals surface area contributed by atoms with E-state index in [1.165, 1.54) is 38.5 Å². The van der Waals surface area contributed by atoms with Crippen LogP contribution in [0, 0.1) is 0 Å². The monoisotopic (exact) mass is 444 g/mol. The summed E-state index contributed by atoms with van der Waals surface area (Å²) < 4.78 is 20.5. The van der Waals surface area contributed by atoms with Crippen LogP contribution in [0.2, 0.25) is 0 Å². The molecule has 0 aromatic heterocycles. The standard InChI is InChI=1S/C13H30P.C8H19O4P.H3N/c1-5-8-11-14(4,12-9-6-2)13-10-7-3;1-3-5-7-11-13(9,10)12-8-6-4-2;/h5-13H2,1-4H3;3-8H2,1-2H3,(H,9,10);1H3/q+1;;. The molecule has 0 heterocycles. The second-order valence-electron chi connectivity index (χ2n) is 7.69. The predicted octanol–water partition coefficient (Wildman–Crippen LogP) is 7.92. The Morgan fingerprint density at radius 3 is 1.21 bits per heavy atom. The highest BCUT2D eigenvalue weighted by Gasteiger charge is 2.28. The van der Waals surface area contributed by atoms with Crippen LogP contribution in [0.25, 0.3) is 0 Å². The minimum Gasteiger partial charge on any atom is -0.344 e. The van der Waals surface area contributed by atoms with E-state index < -0.39 is 15.1 Å². The Morgan fingerprint density at radius 2 is 0.964 bits per heavy atom. The van der Waals surface area contributed by atoms with Gasteiger partial charge in [-0.05, 0) is 32.1 Å². The van der Waals surface area contributed by atoms with Crippen LogP contribution in [0.4, 0.5) is 0 Å². The van der Waals surface area contributed by atoms with E-state index in [1.54, 1.807) is 18.5 Å². The minimum absolute atomic E-state index is 0. The Labute approximate surface area is 177 Å². The van der Waals surface area contributed by atoms with Gasteiger partial charge in [-0.25, -0.2) is 4.57 Å². The van der Waals surface area contributed by atoms with Crippen LogP contribution in [0.15, 0.2) is 0 Å². The van der Waals surface area contributed by atoms with Gasteiger partial charge in [0.05, 0.1) is 31.7 Å². The summed E-state index contributed by atoms with van der Waals surface area (Å²) in [6.45, 7) is 14.1. The SMILES string of the molecule is CCCCOP(=O)(O)OCCCC.CCCC[P+](C)(CCCC)CCCC.N. The number of phosphoric acid groups is 1. The van der Waals surface area contributed by atoms with E-state index in [1.807, 2.05) is 13.8 Å². The highest BCUT2D eigenvalue weighted by molar-refractivity contribution is 7.75. The lowest BCUT2D eigenvalue weighted by molar-refractivity contribution is 0.146. The fourth-order valence-electron chi connectivity index (χ4n) is 2.64. The van der Waals surface area contributed by atoms with Crippen molar-refractivity contribution in [2.24, 2.45) is 0 Å². The first kappa shape index (κ1) is 33.1. The van der Waals surface area contributed by atoms with E-state index >= 15 is 0 Å². The van der Waals surface area contributed by atoms with Gasteiger partial charge in [0, 0.05) is 13.9 Å². The third kappa shape index (κ3) is 22.8. The van der Waals surface area contributed by atoms with Crippen LogP contribution in [0.1, 0.15) is 98.8 Å². The Bertz CT molecular complexity index is 322. The first-order valence-electron chi connectivity index (χ1n) is 11.3. The normalized spacial score (nSPS) is 11.5. The fraction of sp³-hybridized carbons (Fsp3) is 1.00. The highest BCUT2D eigenvalue weighted by Crippen LogP contribution is 2.57. The number of hydrogen-bond donors (Lipinski definition) is 2. The first-order valence-corrected chi connectivity index (χ1v) is 15.5. The largest absolute Gasteiger partial charge is 0.472 e. The summed E-state index contributed by atoms with van der Waals surface area (Å²) in [5, 5.41) is 0. The number of unbranched alkanes of at least 4 members (excludes halogenated alkanes) is 5. The van der Waals surface area contributed by atoms with E-state index in [2.05, 4.69) is 27.4 Å². The average molecular weight is 445 g/mol. The van der Waals surface area contributed by atoms with Gasteiger partial charge in [0.15, 0.2) is 0 Å². The molecule has 0 aliphatic rings. The predicted molar refractivity (Wildman–Crippen MR) is 129 cm³/mol. The van der Waals surface area contributed by atoms with Crippen molar-refractivity contribution in [1.29, 1.82) is 0 Å². The molecule has 28 heavy (non-hydrogen) atoms. The molecule has 0 aliphatic carbocycles. The van der Waals surface area contributed by atoms with E-state index in [0.717, 1.165) is 25.7 Å². The quantitative estimate of drug-likeness (QED) is 0.176. The molecule has 0 saturated heterocycles. The molecular formula is C21H52NO4P2+. The van der Waals surface area contributed by atoms with Gasteiger partial charge in [-0.15, -0.1) is 0 Å². The van der Waals surface area contributed by atoms with Crippen molar-refractivity contribution in [3.05, 3.63) is 0 Å². The Kier molecular flexibility index (Phi) is 26.3. The van der Waals surface area contributed by atoms with E-state index in [0.29, 0.717) is 0 Å². The Morgan fingerprint density at radius 1 is 0.679 bits per heavy atom. The molecule has 0 radical (unpaired) electrons. The zero-order chi connectivity index (χ0) is 21.0. The molecule has 0 bridgehead atoms. The second kappa shape index (κ2) is 22.2. The Balaban J connectivity index is -0.000000432. The fourth-order valence-corrected chi connectivity index (χ4v) is 7.34. The molecule has 0 aliphatic heterocycles. The van der Waals surface area contributed by atoms with Gasteiger partial charge in [-0.1, -0.05) is 66.7 Å². The number of phosphoric ester groups is 1. The van der Waals surface area contributed by atoms with Crippen molar-refractivity contribution in [2.75, 3.05) is 38.4 Å². The van der Waals surface area contributed by atoms with Gasteiger partial charge in [-0.2, -0.15) is 0 Å². The summed E-state index contributed by atoms with van der Waals surface area (Å²) in [6.07, 6.45) is 16.7. The van der Waals surface area contributed by atoms with Crippen LogP contribution in [0.5, 0.6) is 0 Å². The lowest BCUT2D eigenvalue weighted by atomic mass is 10.4.